The third-order valence-electron chi connectivity index (χ3n) is 2.09. The van der Waals surface area contributed by atoms with Gasteiger partial charge in [0.15, 0.2) is 5.78 Å². The molecule has 0 fully saturated rings. The van der Waals surface area contributed by atoms with Crippen molar-refractivity contribution in [2.24, 2.45) is 5.92 Å². The molecule has 5 nitrogen and oxygen atoms in total. The number of rotatable bonds is 5. The lowest BCUT2D eigenvalue weighted by Gasteiger charge is -2.07. The van der Waals surface area contributed by atoms with E-state index in [1.807, 2.05) is 0 Å². The Balaban J connectivity index is 2.78. The zero-order valence-electron chi connectivity index (χ0n) is 9.47. The Kier molecular flexibility index (Phi) is 4.62. The summed E-state index contributed by atoms with van der Waals surface area (Å²) in [6.45, 7) is 3.47. The molecule has 0 amide bonds. The van der Waals surface area contributed by atoms with Crippen molar-refractivity contribution >= 4 is 27.4 Å². The molecule has 0 spiro atoms. The van der Waals surface area contributed by atoms with Gasteiger partial charge in [0, 0.05) is 16.5 Å². The average Bonchev–Trinajstić information content (AvgIpc) is 2.24. The van der Waals surface area contributed by atoms with Crippen molar-refractivity contribution in [2.75, 3.05) is 6.61 Å². The molecule has 92 valence electrons. The van der Waals surface area contributed by atoms with Crippen molar-refractivity contribution in [3.8, 4) is 5.75 Å². The summed E-state index contributed by atoms with van der Waals surface area (Å²) < 4.78 is 5.76. The smallest absolute Gasteiger partial charge is 0.274 e. The number of hydrogen-bond acceptors (Lipinski definition) is 4. The number of hydrogen-bond donors (Lipinski definition) is 0. The molecule has 0 aromatic heterocycles. The maximum Gasteiger partial charge on any atom is 0.274 e. The summed E-state index contributed by atoms with van der Waals surface area (Å²) in [5, 5.41) is 10.6. The lowest BCUT2D eigenvalue weighted by molar-refractivity contribution is -0.385. The normalized spacial score (nSPS) is 10.4. The van der Waals surface area contributed by atoms with Gasteiger partial charge in [-0.3, -0.25) is 14.9 Å². The SMILES string of the molecule is CC(C)C(=O)COc1cc(Br)cc([N+](=O)[O-])c1. The van der Waals surface area contributed by atoms with Crippen LogP contribution in [0.3, 0.4) is 0 Å². The van der Waals surface area contributed by atoms with Gasteiger partial charge in [-0.2, -0.15) is 0 Å². The van der Waals surface area contributed by atoms with E-state index in [-0.39, 0.29) is 24.0 Å². The fourth-order valence-corrected chi connectivity index (χ4v) is 1.52. The van der Waals surface area contributed by atoms with Gasteiger partial charge in [-0.15, -0.1) is 0 Å². The van der Waals surface area contributed by atoms with Gasteiger partial charge >= 0.3 is 0 Å². The van der Waals surface area contributed by atoms with Crippen LogP contribution < -0.4 is 4.74 Å². The molecule has 1 rings (SSSR count). The van der Waals surface area contributed by atoms with Crippen LogP contribution in [-0.2, 0) is 4.79 Å². The average molecular weight is 302 g/mol. The number of nitro benzene ring substituents is 1. The molecule has 0 saturated carbocycles. The van der Waals surface area contributed by atoms with Gasteiger partial charge in [0.2, 0.25) is 0 Å². The molecule has 0 atom stereocenters. The topological polar surface area (TPSA) is 69.4 Å². The van der Waals surface area contributed by atoms with E-state index in [2.05, 4.69) is 15.9 Å². The van der Waals surface area contributed by atoms with Crippen LogP contribution in [0.25, 0.3) is 0 Å². The number of non-ortho nitro benzene ring substituents is 1. The summed E-state index contributed by atoms with van der Waals surface area (Å²) >= 11 is 3.15. The van der Waals surface area contributed by atoms with E-state index < -0.39 is 4.92 Å². The number of nitrogens with zero attached hydrogens (tertiary/aromatic N) is 1. The van der Waals surface area contributed by atoms with E-state index in [4.69, 9.17) is 4.74 Å². The molecule has 6 heteroatoms. The van der Waals surface area contributed by atoms with Crippen molar-refractivity contribution < 1.29 is 14.5 Å². The molecule has 0 unspecified atom stereocenters. The van der Waals surface area contributed by atoms with Gasteiger partial charge in [-0.1, -0.05) is 29.8 Å². The van der Waals surface area contributed by atoms with Crippen molar-refractivity contribution in [1.29, 1.82) is 0 Å². The van der Waals surface area contributed by atoms with E-state index >= 15 is 0 Å². The Labute approximate surface area is 107 Å². The Hall–Kier alpha value is -1.43. The number of carbonyl (C=O) groups excluding carboxylic acids is 1. The first-order chi connectivity index (χ1) is 7.90. The summed E-state index contributed by atoms with van der Waals surface area (Å²) in [7, 11) is 0. The maximum atomic E-state index is 11.3. The number of ether oxygens (including phenoxy) is 1. The molecule has 0 bridgehead atoms. The molecule has 0 N–H and O–H groups in total. The monoisotopic (exact) mass is 301 g/mol. The Morgan fingerprint density at radius 2 is 2.12 bits per heavy atom. The minimum atomic E-state index is -0.512. The van der Waals surface area contributed by atoms with E-state index in [0.717, 1.165) is 0 Å². The maximum absolute atomic E-state index is 11.3. The molecular weight excluding hydrogens is 290 g/mol. The van der Waals surface area contributed by atoms with E-state index in [1.165, 1.54) is 12.1 Å². The fraction of sp³-hybridized carbons (Fsp3) is 0.364. The summed E-state index contributed by atoms with van der Waals surface area (Å²) in [6.07, 6.45) is 0. The van der Waals surface area contributed by atoms with Gasteiger partial charge in [0.05, 0.1) is 11.0 Å². The number of Topliss-reactive ketones (excluding diaryl/α,β-unsaturated/α-hetero) is 1. The summed E-state index contributed by atoms with van der Waals surface area (Å²) in [5.74, 6) is 0.143. The number of nitro groups is 1. The second-order valence-electron chi connectivity index (χ2n) is 3.81. The second kappa shape index (κ2) is 5.77. The third-order valence-corrected chi connectivity index (χ3v) is 2.55. The Morgan fingerprint density at radius 1 is 1.47 bits per heavy atom. The number of carbonyl (C=O) groups is 1. The molecule has 0 heterocycles. The van der Waals surface area contributed by atoms with Crippen LogP contribution in [0.2, 0.25) is 0 Å². The van der Waals surface area contributed by atoms with Gasteiger partial charge < -0.3 is 4.74 Å². The van der Waals surface area contributed by atoms with Crippen LogP contribution in [0, 0.1) is 16.0 Å². The first kappa shape index (κ1) is 13.6. The number of ketones is 1. The van der Waals surface area contributed by atoms with Crippen LogP contribution in [0.5, 0.6) is 5.75 Å². The zero-order valence-corrected chi connectivity index (χ0v) is 11.1. The first-order valence-electron chi connectivity index (χ1n) is 5.00. The highest BCUT2D eigenvalue weighted by atomic mass is 79.9. The van der Waals surface area contributed by atoms with Crippen molar-refractivity contribution in [1.82, 2.24) is 0 Å². The molecule has 0 radical (unpaired) electrons. The molecule has 0 saturated heterocycles. The highest BCUT2D eigenvalue weighted by molar-refractivity contribution is 9.10. The molecule has 17 heavy (non-hydrogen) atoms. The third kappa shape index (κ3) is 4.14. The highest BCUT2D eigenvalue weighted by Gasteiger charge is 2.12. The minimum Gasteiger partial charge on any atom is -0.486 e. The number of benzene rings is 1. The van der Waals surface area contributed by atoms with Crippen molar-refractivity contribution in [3.05, 3.63) is 32.8 Å². The lowest BCUT2D eigenvalue weighted by atomic mass is 10.1. The fourth-order valence-electron chi connectivity index (χ4n) is 1.06. The zero-order chi connectivity index (χ0) is 13.0. The highest BCUT2D eigenvalue weighted by Crippen LogP contribution is 2.26. The predicted octanol–water partition coefficient (Wildman–Crippen LogP) is 2.96. The molecule has 1 aromatic carbocycles. The molecule has 1 aromatic rings. The van der Waals surface area contributed by atoms with Gasteiger partial charge in [0.1, 0.15) is 12.4 Å². The summed E-state index contributed by atoms with van der Waals surface area (Å²) in [6, 6.07) is 4.25. The minimum absolute atomic E-state index is 0.0485. The van der Waals surface area contributed by atoms with Gasteiger partial charge in [-0.05, 0) is 6.07 Å². The number of halogens is 1. The Bertz CT molecular complexity index is 445. The van der Waals surface area contributed by atoms with Crippen LogP contribution >= 0.6 is 15.9 Å². The second-order valence-corrected chi connectivity index (χ2v) is 4.73. The lowest BCUT2D eigenvalue weighted by Crippen LogP contribution is -2.16. The van der Waals surface area contributed by atoms with E-state index in [1.54, 1.807) is 19.9 Å². The van der Waals surface area contributed by atoms with Crippen LogP contribution in [0.15, 0.2) is 22.7 Å². The summed E-state index contributed by atoms with van der Waals surface area (Å²) in [4.78, 5) is 21.5. The Morgan fingerprint density at radius 3 is 2.65 bits per heavy atom. The molecular formula is C11H12BrNO4. The predicted molar refractivity (Wildman–Crippen MR) is 66.1 cm³/mol. The molecule has 0 aliphatic rings. The molecule has 0 aliphatic heterocycles. The van der Waals surface area contributed by atoms with Crippen molar-refractivity contribution in [3.63, 3.8) is 0 Å². The first-order valence-corrected chi connectivity index (χ1v) is 5.80. The largest absolute Gasteiger partial charge is 0.486 e. The van der Waals surface area contributed by atoms with Crippen LogP contribution in [0.4, 0.5) is 5.69 Å². The van der Waals surface area contributed by atoms with Gasteiger partial charge in [-0.25, -0.2) is 0 Å². The quantitative estimate of drug-likeness (QED) is 0.619. The standard InChI is InChI=1S/C11H12BrNO4/c1-7(2)11(14)6-17-10-4-8(12)3-9(5-10)13(15)16/h3-5,7H,6H2,1-2H3. The summed E-state index contributed by atoms with van der Waals surface area (Å²) in [5.41, 5.74) is -0.0774. The van der Waals surface area contributed by atoms with E-state index in [9.17, 15) is 14.9 Å². The van der Waals surface area contributed by atoms with Crippen LogP contribution in [-0.4, -0.2) is 17.3 Å². The van der Waals surface area contributed by atoms with Crippen molar-refractivity contribution in [2.45, 2.75) is 13.8 Å². The van der Waals surface area contributed by atoms with Crippen LogP contribution in [0.1, 0.15) is 13.8 Å². The van der Waals surface area contributed by atoms with E-state index in [0.29, 0.717) is 10.2 Å². The molecule has 0 aliphatic carbocycles. The van der Waals surface area contributed by atoms with Gasteiger partial charge in [0.25, 0.3) is 5.69 Å².